The molecule has 4 heteroatoms. The molecule has 0 spiro atoms. The van der Waals surface area contributed by atoms with Gasteiger partial charge in [0.25, 0.3) is 0 Å². The highest BCUT2D eigenvalue weighted by Crippen LogP contribution is 2.35. The summed E-state index contributed by atoms with van der Waals surface area (Å²) in [6.07, 6.45) is 3.09. The molecule has 1 fully saturated rings. The van der Waals surface area contributed by atoms with Gasteiger partial charge in [0, 0.05) is 6.92 Å². The van der Waals surface area contributed by atoms with E-state index < -0.39 is 5.97 Å². The van der Waals surface area contributed by atoms with Crippen molar-refractivity contribution in [3.8, 4) is 0 Å². The van der Waals surface area contributed by atoms with Crippen LogP contribution in [0.3, 0.4) is 0 Å². The minimum atomic E-state index is -0.514. The van der Waals surface area contributed by atoms with Gasteiger partial charge in [0.2, 0.25) is 5.91 Å². The van der Waals surface area contributed by atoms with Crippen LogP contribution >= 0.6 is 0 Å². The van der Waals surface area contributed by atoms with E-state index in [-0.39, 0.29) is 17.7 Å². The highest BCUT2D eigenvalue weighted by molar-refractivity contribution is 5.92. The number of hydrogen-bond acceptors (Lipinski definition) is 3. The second-order valence-electron chi connectivity index (χ2n) is 5.93. The number of carbonyl (C=O) groups excluding carboxylic acids is 2. The van der Waals surface area contributed by atoms with Gasteiger partial charge < -0.3 is 10.1 Å². The van der Waals surface area contributed by atoms with E-state index in [1.807, 2.05) is 0 Å². The third-order valence-corrected chi connectivity index (χ3v) is 3.79. The van der Waals surface area contributed by atoms with E-state index in [1.54, 1.807) is 0 Å². The molecule has 0 heterocycles. The average molecular weight is 267 g/mol. The molecule has 0 aromatic rings. The molecule has 1 aliphatic rings. The monoisotopic (exact) mass is 267 g/mol. The summed E-state index contributed by atoms with van der Waals surface area (Å²) in [4.78, 5) is 22.8. The van der Waals surface area contributed by atoms with Crippen molar-refractivity contribution in [2.45, 2.75) is 53.1 Å². The molecule has 0 aromatic carbocycles. The molecule has 0 saturated heterocycles. The van der Waals surface area contributed by atoms with Crippen LogP contribution in [0.4, 0.5) is 0 Å². The molecule has 4 nitrogen and oxygen atoms in total. The number of hydrogen-bond donors (Lipinski definition) is 1. The molecule has 0 bridgehead atoms. The molecule has 0 radical (unpaired) electrons. The van der Waals surface area contributed by atoms with Crippen molar-refractivity contribution >= 4 is 11.9 Å². The van der Waals surface area contributed by atoms with Gasteiger partial charge in [-0.3, -0.25) is 4.79 Å². The Morgan fingerprint density at radius 2 is 1.95 bits per heavy atom. The Kier molecular flexibility index (Phi) is 5.58. The van der Waals surface area contributed by atoms with Crippen molar-refractivity contribution in [3.05, 3.63) is 12.3 Å². The summed E-state index contributed by atoms with van der Waals surface area (Å²) in [7, 11) is 0. The van der Waals surface area contributed by atoms with Crippen molar-refractivity contribution < 1.29 is 14.3 Å². The molecule has 1 aliphatic carbocycles. The van der Waals surface area contributed by atoms with Crippen LogP contribution in [-0.2, 0) is 14.3 Å². The number of nitrogens with one attached hydrogen (secondary N) is 1. The molecule has 1 N–H and O–H groups in total. The lowest BCUT2D eigenvalue weighted by Crippen LogP contribution is -2.37. The van der Waals surface area contributed by atoms with Gasteiger partial charge >= 0.3 is 5.97 Å². The molecule has 1 amide bonds. The maximum absolute atomic E-state index is 11.9. The second-order valence-corrected chi connectivity index (χ2v) is 5.93. The van der Waals surface area contributed by atoms with Gasteiger partial charge in [-0.1, -0.05) is 33.8 Å². The van der Waals surface area contributed by atoms with Crippen LogP contribution in [0.25, 0.3) is 0 Å². The van der Waals surface area contributed by atoms with Gasteiger partial charge in [-0.15, -0.1) is 0 Å². The molecule has 0 aromatic heterocycles. The lowest BCUT2D eigenvalue weighted by molar-refractivity contribution is -0.152. The van der Waals surface area contributed by atoms with E-state index >= 15 is 0 Å². The Morgan fingerprint density at radius 1 is 1.32 bits per heavy atom. The Balaban J connectivity index is 2.63. The van der Waals surface area contributed by atoms with Crippen LogP contribution < -0.4 is 5.32 Å². The fourth-order valence-electron chi connectivity index (χ4n) is 2.72. The van der Waals surface area contributed by atoms with Gasteiger partial charge in [0.15, 0.2) is 0 Å². The van der Waals surface area contributed by atoms with Crippen molar-refractivity contribution in [1.82, 2.24) is 5.32 Å². The van der Waals surface area contributed by atoms with E-state index in [0.717, 1.165) is 12.8 Å². The molecule has 1 rings (SSSR count). The summed E-state index contributed by atoms with van der Waals surface area (Å²) >= 11 is 0. The standard InChI is InChI=1S/C15H25NO3/c1-9(2)13-7-6-10(3)8-14(13)19-15(18)11(4)16-12(5)17/h9-10,13-14H,4,6-8H2,1-3,5H3,(H,16,17)/t10-,13+,14-/m1/s1. The maximum Gasteiger partial charge on any atom is 0.354 e. The third-order valence-electron chi connectivity index (χ3n) is 3.79. The van der Waals surface area contributed by atoms with Crippen molar-refractivity contribution in [1.29, 1.82) is 0 Å². The van der Waals surface area contributed by atoms with Gasteiger partial charge in [-0.25, -0.2) is 4.79 Å². The fourth-order valence-corrected chi connectivity index (χ4v) is 2.72. The third kappa shape index (κ3) is 4.69. The van der Waals surface area contributed by atoms with E-state index in [9.17, 15) is 9.59 Å². The Bertz CT molecular complexity index is 362. The number of ether oxygens (including phenoxy) is 1. The predicted molar refractivity (Wildman–Crippen MR) is 74.2 cm³/mol. The number of amides is 1. The van der Waals surface area contributed by atoms with Crippen molar-refractivity contribution in [3.63, 3.8) is 0 Å². The summed E-state index contributed by atoms with van der Waals surface area (Å²) < 4.78 is 5.55. The Hall–Kier alpha value is -1.32. The smallest absolute Gasteiger partial charge is 0.354 e. The minimum absolute atomic E-state index is 0.0215. The van der Waals surface area contributed by atoms with Gasteiger partial charge in [-0.2, -0.15) is 0 Å². The molecular weight excluding hydrogens is 242 g/mol. The lowest BCUT2D eigenvalue weighted by atomic mass is 9.75. The van der Waals surface area contributed by atoms with Gasteiger partial charge in [0.1, 0.15) is 11.8 Å². The first-order chi connectivity index (χ1) is 8.81. The Morgan fingerprint density at radius 3 is 2.47 bits per heavy atom. The molecule has 0 aliphatic heterocycles. The molecule has 3 atom stereocenters. The second kappa shape index (κ2) is 6.73. The van der Waals surface area contributed by atoms with Gasteiger partial charge in [0.05, 0.1) is 0 Å². The summed E-state index contributed by atoms with van der Waals surface area (Å²) in [5.74, 6) is 0.630. The first kappa shape index (κ1) is 15.7. The first-order valence-electron chi connectivity index (χ1n) is 6.98. The zero-order valence-corrected chi connectivity index (χ0v) is 12.4. The normalized spacial score (nSPS) is 26.9. The first-order valence-corrected chi connectivity index (χ1v) is 6.98. The topological polar surface area (TPSA) is 55.4 Å². The molecule has 1 saturated carbocycles. The maximum atomic E-state index is 11.9. The Labute approximate surface area is 115 Å². The zero-order valence-electron chi connectivity index (χ0n) is 12.4. The summed E-state index contributed by atoms with van der Waals surface area (Å²) in [6, 6.07) is 0. The minimum Gasteiger partial charge on any atom is -0.457 e. The van der Waals surface area contributed by atoms with Gasteiger partial charge in [-0.05, 0) is 30.6 Å². The summed E-state index contributed by atoms with van der Waals surface area (Å²) in [6.45, 7) is 11.4. The van der Waals surface area contributed by atoms with Crippen LogP contribution in [0.2, 0.25) is 0 Å². The highest BCUT2D eigenvalue weighted by Gasteiger charge is 2.33. The summed E-state index contributed by atoms with van der Waals surface area (Å²) in [5, 5.41) is 2.38. The van der Waals surface area contributed by atoms with E-state index in [0.29, 0.717) is 17.8 Å². The predicted octanol–water partition coefficient (Wildman–Crippen LogP) is 2.64. The van der Waals surface area contributed by atoms with E-state index in [1.165, 1.54) is 13.3 Å². The van der Waals surface area contributed by atoms with Crippen LogP contribution in [0.1, 0.15) is 47.0 Å². The molecule has 108 valence electrons. The molecule has 0 unspecified atom stereocenters. The lowest BCUT2D eigenvalue weighted by Gasteiger charge is -2.36. The highest BCUT2D eigenvalue weighted by atomic mass is 16.5. The van der Waals surface area contributed by atoms with Crippen LogP contribution in [0.5, 0.6) is 0 Å². The summed E-state index contributed by atoms with van der Waals surface area (Å²) in [5.41, 5.74) is 0.0215. The number of rotatable bonds is 4. The number of esters is 1. The van der Waals surface area contributed by atoms with Crippen LogP contribution in [0, 0.1) is 17.8 Å². The van der Waals surface area contributed by atoms with Crippen LogP contribution in [0.15, 0.2) is 12.3 Å². The van der Waals surface area contributed by atoms with Crippen LogP contribution in [-0.4, -0.2) is 18.0 Å². The fraction of sp³-hybridized carbons (Fsp3) is 0.733. The van der Waals surface area contributed by atoms with E-state index in [2.05, 4.69) is 32.7 Å². The molecule has 19 heavy (non-hydrogen) atoms. The largest absolute Gasteiger partial charge is 0.457 e. The SMILES string of the molecule is C=C(NC(C)=O)C(=O)O[C@@H]1C[C@H](C)CC[C@H]1C(C)C. The van der Waals surface area contributed by atoms with E-state index in [4.69, 9.17) is 4.74 Å². The number of carbonyl (C=O) groups is 2. The van der Waals surface area contributed by atoms with Crippen molar-refractivity contribution in [2.24, 2.45) is 17.8 Å². The molecular formula is C15H25NO3. The quantitative estimate of drug-likeness (QED) is 0.629. The van der Waals surface area contributed by atoms with Crippen molar-refractivity contribution in [2.75, 3.05) is 0 Å². The average Bonchev–Trinajstić information content (AvgIpc) is 2.27. The zero-order chi connectivity index (χ0) is 14.6.